The molecule has 0 spiro atoms. The summed E-state index contributed by atoms with van der Waals surface area (Å²) in [6.07, 6.45) is 0. The second-order valence-corrected chi connectivity index (χ2v) is 5.85. The van der Waals surface area contributed by atoms with Crippen LogP contribution >= 0.6 is 0 Å². The van der Waals surface area contributed by atoms with Crippen LogP contribution in [0.25, 0.3) is 5.65 Å². The highest BCUT2D eigenvalue weighted by Gasteiger charge is 2.11. The normalized spacial score (nSPS) is 10.9. The lowest BCUT2D eigenvalue weighted by molar-refractivity contribution is -0.119. The molecule has 0 atom stereocenters. The molecule has 3 aromatic rings. The molecule has 0 radical (unpaired) electrons. The largest absolute Gasteiger partial charge is 0.485 e. The summed E-state index contributed by atoms with van der Waals surface area (Å²) in [5, 5.41) is 2.73. The van der Waals surface area contributed by atoms with Crippen LogP contribution in [-0.2, 0) is 16.1 Å². The van der Waals surface area contributed by atoms with Crippen molar-refractivity contribution in [3.8, 4) is 5.75 Å². The molecule has 1 N–H and O–H groups in total. The Morgan fingerprint density at radius 2 is 2.08 bits per heavy atom. The van der Waals surface area contributed by atoms with Crippen molar-refractivity contribution in [1.82, 2.24) is 9.56 Å². The lowest BCUT2D eigenvalue weighted by Gasteiger charge is -2.13. The fourth-order valence-corrected chi connectivity index (χ4v) is 2.47. The van der Waals surface area contributed by atoms with Gasteiger partial charge >= 0.3 is 0 Å². The molecular weight excluding hydrogens is 338 g/mol. The van der Waals surface area contributed by atoms with E-state index in [0.29, 0.717) is 28.5 Å². The minimum atomic E-state index is -0.320. The van der Waals surface area contributed by atoms with Gasteiger partial charge in [0, 0.05) is 19.2 Å². The zero-order valence-electron chi connectivity index (χ0n) is 14.7. The zero-order valence-corrected chi connectivity index (χ0v) is 14.7. The average Bonchev–Trinajstić information content (AvgIpc) is 2.96. The highest BCUT2D eigenvalue weighted by atomic mass is 16.5. The van der Waals surface area contributed by atoms with E-state index in [1.54, 1.807) is 25.1 Å². The number of anilines is 1. The molecule has 1 amide bonds. The summed E-state index contributed by atoms with van der Waals surface area (Å²) < 4.78 is 17.0. The third kappa shape index (κ3) is 3.92. The summed E-state index contributed by atoms with van der Waals surface area (Å²) in [4.78, 5) is 28.2. The first-order valence-corrected chi connectivity index (χ1v) is 7.98. The molecule has 136 valence electrons. The summed E-state index contributed by atoms with van der Waals surface area (Å²) in [7, 11) is 1.45. The molecule has 0 unspecified atom stereocenters. The van der Waals surface area contributed by atoms with Crippen LogP contribution < -0.4 is 15.6 Å². The summed E-state index contributed by atoms with van der Waals surface area (Å²) in [6, 6.07) is 8.45. The lowest BCUT2D eigenvalue weighted by Crippen LogP contribution is -2.18. The number of methoxy groups -OCH3 is 1. The topological polar surface area (TPSA) is 95.1 Å². The van der Waals surface area contributed by atoms with E-state index >= 15 is 0 Å². The van der Waals surface area contributed by atoms with E-state index < -0.39 is 0 Å². The highest BCUT2D eigenvalue weighted by molar-refractivity contribution is 5.93. The van der Waals surface area contributed by atoms with E-state index in [2.05, 4.69) is 10.3 Å². The molecule has 8 nitrogen and oxygen atoms in total. The SMILES string of the molecule is COCC(=O)Nc1ccc(C)cc1OCc1cc(=O)n2oc(C)cc2n1. The first kappa shape index (κ1) is 17.7. The van der Waals surface area contributed by atoms with Crippen molar-refractivity contribution in [3.05, 3.63) is 57.7 Å². The van der Waals surface area contributed by atoms with Crippen molar-refractivity contribution >= 4 is 17.2 Å². The molecule has 26 heavy (non-hydrogen) atoms. The number of nitrogens with zero attached hydrogens (tertiary/aromatic N) is 2. The van der Waals surface area contributed by atoms with E-state index in [1.807, 2.05) is 13.0 Å². The third-order valence-corrected chi connectivity index (χ3v) is 3.59. The predicted octanol–water partition coefficient (Wildman–Crippen LogP) is 2.07. The van der Waals surface area contributed by atoms with Gasteiger partial charge in [-0.05, 0) is 31.5 Å². The van der Waals surface area contributed by atoms with Gasteiger partial charge in [0.2, 0.25) is 5.91 Å². The fraction of sp³-hybridized carbons (Fsp3) is 0.278. The van der Waals surface area contributed by atoms with E-state index in [-0.39, 0.29) is 24.7 Å². The standard InChI is InChI=1S/C18H19N3O5/c1-11-4-5-14(20-17(22)10-24-3)15(6-11)25-9-13-8-18(23)21-16(19-13)7-12(2)26-21/h4-8H,9-10H2,1-3H3,(H,20,22). The molecule has 0 aliphatic heterocycles. The molecule has 0 fully saturated rings. The maximum atomic E-state index is 12.1. The Labute approximate surface area is 149 Å². The Balaban J connectivity index is 1.82. The number of rotatable bonds is 6. The van der Waals surface area contributed by atoms with Gasteiger partial charge in [-0.2, -0.15) is 0 Å². The first-order chi connectivity index (χ1) is 12.5. The van der Waals surface area contributed by atoms with Crippen LogP contribution in [0.3, 0.4) is 0 Å². The quantitative estimate of drug-likeness (QED) is 0.726. The summed E-state index contributed by atoms with van der Waals surface area (Å²) >= 11 is 0. The number of carbonyl (C=O) groups excluding carboxylic acids is 1. The van der Waals surface area contributed by atoms with E-state index in [4.69, 9.17) is 14.0 Å². The monoisotopic (exact) mass is 357 g/mol. The van der Waals surface area contributed by atoms with Crippen molar-refractivity contribution in [1.29, 1.82) is 0 Å². The minimum absolute atomic E-state index is 0.0534. The molecule has 3 rings (SSSR count). The molecule has 0 saturated carbocycles. The Hall–Kier alpha value is -3.13. The maximum Gasteiger partial charge on any atom is 0.287 e. The number of hydrogen-bond acceptors (Lipinski definition) is 6. The predicted molar refractivity (Wildman–Crippen MR) is 94.5 cm³/mol. The average molecular weight is 357 g/mol. The molecular formula is C18H19N3O5. The number of nitrogens with one attached hydrogen (secondary N) is 1. The van der Waals surface area contributed by atoms with E-state index in [9.17, 15) is 9.59 Å². The van der Waals surface area contributed by atoms with E-state index in [1.165, 1.54) is 13.2 Å². The zero-order chi connectivity index (χ0) is 18.7. The molecule has 0 aliphatic rings. The van der Waals surface area contributed by atoms with Gasteiger partial charge in [0.15, 0.2) is 5.65 Å². The summed E-state index contributed by atoms with van der Waals surface area (Å²) in [5.74, 6) is 0.794. The van der Waals surface area contributed by atoms with Crippen molar-refractivity contribution in [2.45, 2.75) is 20.5 Å². The second kappa shape index (κ2) is 7.40. The minimum Gasteiger partial charge on any atom is -0.485 e. The van der Waals surface area contributed by atoms with Crippen LogP contribution in [0.2, 0.25) is 0 Å². The number of fused-ring (bicyclic) bond motifs is 1. The molecule has 2 heterocycles. The van der Waals surface area contributed by atoms with Crippen LogP contribution in [0.5, 0.6) is 5.75 Å². The van der Waals surface area contributed by atoms with Gasteiger partial charge < -0.3 is 19.3 Å². The number of amides is 1. The van der Waals surface area contributed by atoms with Gasteiger partial charge in [-0.1, -0.05) is 6.07 Å². The number of benzene rings is 1. The lowest BCUT2D eigenvalue weighted by atomic mass is 10.2. The number of aromatic nitrogens is 2. The van der Waals surface area contributed by atoms with Crippen molar-refractivity contribution in [3.63, 3.8) is 0 Å². The molecule has 2 aromatic heterocycles. The van der Waals surface area contributed by atoms with Gasteiger partial charge in [-0.15, -0.1) is 4.57 Å². The number of hydrogen-bond donors (Lipinski definition) is 1. The summed E-state index contributed by atoms with van der Waals surface area (Å²) in [6.45, 7) is 3.68. The fourth-order valence-electron chi connectivity index (χ4n) is 2.47. The Kier molecular flexibility index (Phi) is 5.04. The first-order valence-electron chi connectivity index (χ1n) is 7.98. The van der Waals surface area contributed by atoms with Crippen LogP contribution in [0.4, 0.5) is 5.69 Å². The van der Waals surface area contributed by atoms with Crippen LogP contribution in [-0.4, -0.2) is 29.2 Å². The number of carbonyl (C=O) groups is 1. The number of ether oxygens (including phenoxy) is 2. The number of aryl methyl sites for hydroxylation is 2. The Morgan fingerprint density at radius 3 is 2.85 bits per heavy atom. The molecule has 0 bridgehead atoms. The van der Waals surface area contributed by atoms with Crippen LogP contribution in [0, 0.1) is 13.8 Å². The van der Waals surface area contributed by atoms with E-state index in [0.717, 1.165) is 10.1 Å². The van der Waals surface area contributed by atoms with Gasteiger partial charge in [-0.3, -0.25) is 9.59 Å². The Morgan fingerprint density at radius 1 is 1.27 bits per heavy atom. The van der Waals surface area contributed by atoms with Gasteiger partial charge in [0.25, 0.3) is 5.56 Å². The van der Waals surface area contributed by atoms with Crippen LogP contribution in [0.15, 0.2) is 39.6 Å². The molecule has 1 aromatic carbocycles. The smallest absolute Gasteiger partial charge is 0.287 e. The van der Waals surface area contributed by atoms with Crippen molar-refractivity contribution in [2.75, 3.05) is 19.0 Å². The van der Waals surface area contributed by atoms with Gasteiger partial charge in [0.1, 0.15) is 24.7 Å². The van der Waals surface area contributed by atoms with Crippen molar-refractivity contribution < 1.29 is 18.8 Å². The molecule has 8 heteroatoms. The Bertz CT molecular complexity index is 1010. The van der Waals surface area contributed by atoms with Crippen LogP contribution in [0.1, 0.15) is 17.0 Å². The maximum absolute atomic E-state index is 12.1. The molecule has 0 aliphatic carbocycles. The van der Waals surface area contributed by atoms with Crippen molar-refractivity contribution in [2.24, 2.45) is 0 Å². The third-order valence-electron chi connectivity index (χ3n) is 3.59. The van der Waals surface area contributed by atoms with Gasteiger partial charge in [-0.25, -0.2) is 4.98 Å². The summed E-state index contributed by atoms with van der Waals surface area (Å²) in [5.41, 5.74) is 2.06. The van der Waals surface area contributed by atoms with Gasteiger partial charge in [0.05, 0.1) is 11.4 Å². The second-order valence-electron chi connectivity index (χ2n) is 5.85. The molecule has 0 saturated heterocycles. The highest BCUT2D eigenvalue weighted by Crippen LogP contribution is 2.26.